The van der Waals surface area contributed by atoms with Crippen molar-refractivity contribution in [2.45, 2.75) is 19.0 Å². The molecule has 5 heteroatoms. The van der Waals surface area contributed by atoms with Crippen molar-refractivity contribution in [3.63, 3.8) is 0 Å². The van der Waals surface area contributed by atoms with E-state index in [2.05, 4.69) is 0 Å². The highest BCUT2D eigenvalue weighted by atomic mass is 19.4. The number of para-hydroxylation sites is 1. The molecule has 0 unspecified atom stereocenters. The molecule has 21 heavy (non-hydrogen) atoms. The standard InChI is InChI=1S/C16H15F3N2/c17-16(18,19)13-10-12(7-8-14(13)20)21-9-3-5-11-4-1-2-6-15(11)21/h1-2,4,6-8,10H,3,5,9,20H2. The second-order valence-corrected chi connectivity index (χ2v) is 5.15. The zero-order chi connectivity index (χ0) is 15.0. The number of fused-ring (bicyclic) bond motifs is 1. The third kappa shape index (κ3) is 2.55. The fourth-order valence-corrected chi connectivity index (χ4v) is 2.76. The fraction of sp³-hybridized carbons (Fsp3) is 0.250. The van der Waals surface area contributed by atoms with Gasteiger partial charge in [0.25, 0.3) is 0 Å². The van der Waals surface area contributed by atoms with Gasteiger partial charge in [-0.15, -0.1) is 0 Å². The fourth-order valence-electron chi connectivity index (χ4n) is 2.76. The Kier molecular flexibility index (Phi) is 3.27. The summed E-state index contributed by atoms with van der Waals surface area (Å²) in [6, 6.07) is 11.9. The lowest BCUT2D eigenvalue weighted by Crippen LogP contribution is -2.25. The molecule has 0 fully saturated rings. The van der Waals surface area contributed by atoms with Gasteiger partial charge in [0.2, 0.25) is 0 Å². The van der Waals surface area contributed by atoms with Crippen molar-refractivity contribution in [2.75, 3.05) is 17.2 Å². The Morgan fingerprint density at radius 2 is 1.81 bits per heavy atom. The Morgan fingerprint density at radius 1 is 1.05 bits per heavy atom. The minimum Gasteiger partial charge on any atom is -0.398 e. The highest BCUT2D eigenvalue weighted by Crippen LogP contribution is 2.39. The lowest BCUT2D eigenvalue weighted by atomic mass is 10.0. The van der Waals surface area contributed by atoms with Crippen molar-refractivity contribution < 1.29 is 13.2 Å². The molecule has 1 heterocycles. The molecule has 2 aromatic rings. The van der Waals surface area contributed by atoms with Crippen molar-refractivity contribution in [3.05, 3.63) is 53.6 Å². The molecular weight excluding hydrogens is 277 g/mol. The molecule has 1 aliphatic rings. The zero-order valence-electron chi connectivity index (χ0n) is 11.3. The minimum absolute atomic E-state index is 0.239. The maximum Gasteiger partial charge on any atom is 0.418 e. The van der Waals surface area contributed by atoms with Gasteiger partial charge in [0.15, 0.2) is 0 Å². The van der Waals surface area contributed by atoms with Gasteiger partial charge in [0, 0.05) is 23.6 Å². The molecule has 1 aliphatic heterocycles. The molecular formula is C16H15F3N2. The number of hydrogen-bond acceptors (Lipinski definition) is 2. The molecule has 0 aliphatic carbocycles. The van der Waals surface area contributed by atoms with Gasteiger partial charge in [-0.1, -0.05) is 18.2 Å². The number of nitrogens with two attached hydrogens (primary N) is 1. The summed E-state index contributed by atoms with van der Waals surface area (Å²) in [5.41, 5.74) is 7.11. The Morgan fingerprint density at radius 3 is 2.57 bits per heavy atom. The number of aryl methyl sites for hydroxylation is 1. The SMILES string of the molecule is Nc1ccc(N2CCCc3ccccc32)cc1C(F)(F)F. The summed E-state index contributed by atoms with van der Waals surface area (Å²) in [6.45, 7) is 0.707. The summed E-state index contributed by atoms with van der Waals surface area (Å²) in [5.74, 6) is 0. The third-order valence-corrected chi connectivity index (χ3v) is 3.76. The molecule has 0 amide bonds. The number of anilines is 3. The van der Waals surface area contributed by atoms with Gasteiger partial charge in [0.05, 0.1) is 5.56 Å². The second kappa shape index (κ2) is 4.98. The normalized spacial score (nSPS) is 14.9. The molecule has 0 radical (unpaired) electrons. The van der Waals surface area contributed by atoms with Gasteiger partial charge < -0.3 is 10.6 Å². The maximum atomic E-state index is 13.0. The van der Waals surface area contributed by atoms with Gasteiger partial charge in [-0.05, 0) is 42.7 Å². The first-order chi connectivity index (χ1) is 9.97. The number of halogens is 3. The Bertz CT molecular complexity index is 665. The molecule has 2 nitrogen and oxygen atoms in total. The van der Waals surface area contributed by atoms with Crippen LogP contribution in [0.3, 0.4) is 0 Å². The van der Waals surface area contributed by atoms with E-state index in [0.29, 0.717) is 12.2 Å². The minimum atomic E-state index is -4.44. The average Bonchev–Trinajstić information content (AvgIpc) is 2.46. The van der Waals surface area contributed by atoms with E-state index in [0.717, 1.165) is 30.2 Å². The van der Waals surface area contributed by atoms with Crippen LogP contribution in [-0.4, -0.2) is 6.54 Å². The van der Waals surface area contributed by atoms with Crippen molar-refractivity contribution in [2.24, 2.45) is 0 Å². The molecule has 0 aromatic heterocycles. The summed E-state index contributed by atoms with van der Waals surface area (Å²) in [7, 11) is 0. The predicted octanol–water partition coefficient (Wildman–Crippen LogP) is 4.37. The molecule has 0 atom stereocenters. The Balaban J connectivity index is 2.07. The molecule has 0 spiro atoms. The maximum absolute atomic E-state index is 13.0. The molecule has 0 saturated heterocycles. The molecule has 2 N–H and O–H groups in total. The van der Waals surface area contributed by atoms with E-state index < -0.39 is 11.7 Å². The van der Waals surface area contributed by atoms with E-state index in [-0.39, 0.29) is 5.69 Å². The molecule has 2 aromatic carbocycles. The summed E-state index contributed by atoms with van der Waals surface area (Å²) in [4.78, 5) is 1.92. The van der Waals surface area contributed by atoms with Gasteiger partial charge in [-0.3, -0.25) is 0 Å². The van der Waals surface area contributed by atoms with E-state index in [1.54, 1.807) is 6.07 Å². The van der Waals surface area contributed by atoms with Crippen molar-refractivity contribution in [1.82, 2.24) is 0 Å². The number of alkyl halides is 3. The number of nitrogen functional groups attached to an aromatic ring is 1. The van der Waals surface area contributed by atoms with Crippen LogP contribution in [-0.2, 0) is 12.6 Å². The summed E-state index contributed by atoms with van der Waals surface area (Å²) in [5, 5.41) is 0. The smallest absolute Gasteiger partial charge is 0.398 e. The lowest BCUT2D eigenvalue weighted by Gasteiger charge is -2.32. The van der Waals surface area contributed by atoms with Crippen LogP contribution >= 0.6 is 0 Å². The lowest BCUT2D eigenvalue weighted by molar-refractivity contribution is -0.136. The second-order valence-electron chi connectivity index (χ2n) is 5.15. The highest BCUT2D eigenvalue weighted by Gasteiger charge is 2.33. The van der Waals surface area contributed by atoms with E-state index >= 15 is 0 Å². The van der Waals surface area contributed by atoms with E-state index in [4.69, 9.17) is 5.73 Å². The van der Waals surface area contributed by atoms with Crippen LogP contribution in [0.5, 0.6) is 0 Å². The summed E-state index contributed by atoms with van der Waals surface area (Å²) < 4.78 is 39.0. The van der Waals surface area contributed by atoms with Crippen molar-refractivity contribution in [3.8, 4) is 0 Å². The van der Waals surface area contributed by atoms with Crippen LogP contribution in [0, 0.1) is 0 Å². The Labute approximate surface area is 121 Å². The quantitative estimate of drug-likeness (QED) is 0.791. The van der Waals surface area contributed by atoms with E-state index in [1.807, 2.05) is 29.2 Å². The summed E-state index contributed by atoms with van der Waals surface area (Å²) >= 11 is 0. The highest BCUT2D eigenvalue weighted by molar-refractivity contribution is 5.70. The first kappa shape index (κ1) is 13.8. The number of benzene rings is 2. The monoisotopic (exact) mass is 292 g/mol. The Hall–Kier alpha value is -2.17. The van der Waals surface area contributed by atoms with Gasteiger partial charge in [-0.2, -0.15) is 13.2 Å². The number of rotatable bonds is 1. The predicted molar refractivity (Wildman–Crippen MR) is 77.6 cm³/mol. The van der Waals surface area contributed by atoms with Crippen LogP contribution in [0.1, 0.15) is 17.5 Å². The number of nitrogens with zero attached hydrogens (tertiary/aromatic N) is 1. The van der Waals surface area contributed by atoms with Crippen LogP contribution in [0.2, 0.25) is 0 Å². The van der Waals surface area contributed by atoms with Gasteiger partial charge in [-0.25, -0.2) is 0 Å². The van der Waals surface area contributed by atoms with Crippen LogP contribution < -0.4 is 10.6 Å². The summed E-state index contributed by atoms with van der Waals surface area (Å²) in [6.07, 6.45) is -2.56. The molecule has 3 rings (SSSR count). The topological polar surface area (TPSA) is 29.3 Å². The van der Waals surface area contributed by atoms with Gasteiger partial charge >= 0.3 is 6.18 Å². The van der Waals surface area contributed by atoms with E-state index in [9.17, 15) is 13.2 Å². The third-order valence-electron chi connectivity index (χ3n) is 3.76. The van der Waals surface area contributed by atoms with Crippen LogP contribution in [0.15, 0.2) is 42.5 Å². The molecule has 0 bridgehead atoms. The van der Waals surface area contributed by atoms with Crippen LogP contribution in [0.4, 0.5) is 30.2 Å². The molecule has 110 valence electrons. The first-order valence-electron chi connectivity index (χ1n) is 6.79. The first-order valence-corrected chi connectivity index (χ1v) is 6.79. The van der Waals surface area contributed by atoms with Gasteiger partial charge in [0.1, 0.15) is 0 Å². The van der Waals surface area contributed by atoms with E-state index in [1.165, 1.54) is 6.07 Å². The number of hydrogen-bond donors (Lipinski definition) is 1. The molecule has 0 saturated carbocycles. The van der Waals surface area contributed by atoms with Crippen molar-refractivity contribution in [1.29, 1.82) is 0 Å². The van der Waals surface area contributed by atoms with Crippen molar-refractivity contribution >= 4 is 17.1 Å². The van der Waals surface area contributed by atoms with Crippen LogP contribution in [0.25, 0.3) is 0 Å². The zero-order valence-corrected chi connectivity index (χ0v) is 11.3. The largest absolute Gasteiger partial charge is 0.418 e. The average molecular weight is 292 g/mol.